The van der Waals surface area contributed by atoms with Gasteiger partial charge < -0.3 is 4.74 Å². The number of hydrogen-bond donors (Lipinski definition) is 0. The first kappa shape index (κ1) is 15.1. The predicted molar refractivity (Wildman–Crippen MR) is 90.3 cm³/mol. The maximum Gasteiger partial charge on any atom is 0.161 e. The third-order valence-electron chi connectivity index (χ3n) is 5.24. The van der Waals surface area contributed by atoms with Crippen LogP contribution in [0.5, 0.6) is 0 Å². The number of rotatable bonds is 4. The van der Waals surface area contributed by atoms with Crippen molar-refractivity contribution in [2.75, 3.05) is 19.7 Å². The van der Waals surface area contributed by atoms with Crippen LogP contribution in [-0.2, 0) is 11.2 Å². The van der Waals surface area contributed by atoms with Crippen LogP contribution in [0.3, 0.4) is 0 Å². The maximum atomic E-state index is 5.96. The second-order valence-corrected chi connectivity index (χ2v) is 6.69. The van der Waals surface area contributed by atoms with Crippen molar-refractivity contribution in [2.45, 2.75) is 57.7 Å². The van der Waals surface area contributed by atoms with Crippen LogP contribution in [0.25, 0.3) is 11.2 Å². The molecular weight excluding hydrogens is 288 g/mol. The smallest absolute Gasteiger partial charge is 0.161 e. The molecule has 124 valence electrons. The van der Waals surface area contributed by atoms with Crippen molar-refractivity contribution in [3.8, 4) is 0 Å². The van der Waals surface area contributed by atoms with Gasteiger partial charge in [0.2, 0.25) is 0 Å². The number of hydrogen-bond acceptors (Lipinski definition) is 4. The lowest BCUT2D eigenvalue weighted by Crippen LogP contribution is -2.30. The number of nitrogens with zero attached hydrogens (tertiary/aromatic N) is 4. The number of likely N-dealkylation sites (tertiary alicyclic amines) is 1. The summed E-state index contributed by atoms with van der Waals surface area (Å²) in [4.78, 5) is 12.1. The third-order valence-corrected chi connectivity index (χ3v) is 5.24. The van der Waals surface area contributed by atoms with Crippen LogP contribution < -0.4 is 0 Å². The zero-order valence-electron chi connectivity index (χ0n) is 13.9. The van der Waals surface area contributed by atoms with Gasteiger partial charge in [-0.3, -0.25) is 9.47 Å². The van der Waals surface area contributed by atoms with Crippen molar-refractivity contribution in [1.29, 1.82) is 0 Å². The van der Waals surface area contributed by atoms with E-state index in [-0.39, 0.29) is 0 Å². The first-order valence-corrected chi connectivity index (χ1v) is 9.04. The summed E-state index contributed by atoms with van der Waals surface area (Å²) in [7, 11) is 0. The molecule has 2 aliphatic rings. The van der Waals surface area contributed by atoms with Crippen LogP contribution >= 0.6 is 0 Å². The minimum Gasteiger partial charge on any atom is -0.378 e. The highest BCUT2D eigenvalue weighted by Crippen LogP contribution is 2.31. The molecule has 2 unspecified atom stereocenters. The summed E-state index contributed by atoms with van der Waals surface area (Å²) in [6.07, 6.45) is 9.57. The second kappa shape index (κ2) is 6.57. The average Bonchev–Trinajstić information content (AvgIpc) is 3.18. The van der Waals surface area contributed by atoms with Crippen LogP contribution in [0.15, 0.2) is 18.3 Å². The minimum absolute atomic E-state index is 0.316. The number of imidazole rings is 1. The average molecular weight is 314 g/mol. The summed E-state index contributed by atoms with van der Waals surface area (Å²) in [5, 5.41) is 0. The molecule has 2 aliphatic heterocycles. The van der Waals surface area contributed by atoms with Gasteiger partial charge in [0.25, 0.3) is 0 Å². The third kappa shape index (κ3) is 2.88. The molecule has 0 N–H and O–H groups in total. The summed E-state index contributed by atoms with van der Waals surface area (Å²) in [6.45, 7) is 5.39. The van der Waals surface area contributed by atoms with Gasteiger partial charge in [-0.1, -0.05) is 6.92 Å². The predicted octanol–water partition coefficient (Wildman–Crippen LogP) is 3.16. The van der Waals surface area contributed by atoms with Crippen molar-refractivity contribution >= 4 is 11.2 Å². The molecule has 0 bridgehead atoms. The van der Waals surface area contributed by atoms with E-state index in [1.165, 1.54) is 32.2 Å². The molecule has 2 saturated heterocycles. The Bertz CT molecular complexity index is 662. The molecule has 5 nitrogen and oxygen atoms in total. The number of aromatic nitrogens is 3. The summed E-state index contributed by atoms with van der Waals surface area (Å²) in [5.41, 5.74) is 2.05. The molecule has 5 heteroatoms. The van der Waals surface area contributed by atoms with E-state index in [0.29, 0.717) is 12.3 Å². The van der Waals surface area contributed by atoms with Crippen molar-refractivity contribution in [2.24, 2.45) is 0 Å². The quantitative estimate of drug-likeness (QED) is 0.869. The Morgan fingerprint density at radius 1 is 1.26 bits per heavy atom. The lowest BCUT2D eigenvalue weighted by molar-refractivity contribution is 0.0145. The van der Waals surface area contributed by atoms with Gasteiger partial charge in [0.1, 0.15) is 11.3 Å². The van der Waals surface area contributed by atoms with E-state index in [1.807, 2.05) is 12.3 Å². The van der Waals surface area contributed by atoms with E-state index in [9.17, 15) is 0 Å². The second-order valence-electron chi connectivity index (χ2n) is 6.69. The number of ether oxygens (including phenoxy) is 1. The standard InChI is InChI=1S/C18H26N4O/c1-2-21-11-6-9-17(21)22-16(13-14-7-3-4-12-23-14)20-15-8-5-10-19-18(15)22/h5,8,10,14,17H,2-4,6-7,9,11-13H2,1H3. The molecule has 0 radical (unpaired) electrons. The number of fused-ring (bicyclic) bond motifs is 1. The fourth-order valence-electron chi connectivity index (χ4n) is 4.08. The SMILES string of the molecule is CCN1CCCC1n1c(CC2CCCCO2)nc2cccnc21. The molecule has 2 aromatic rings. The molecule has 0 saturated carbocycles. The van der Waals surface area contributed by atoms with Crippen LogP contribution in [0.1, 0.15) is 51.0 Å². The van der Waals surface area contributed by atoms with Gasteiger partial charge in [0.15, 0.2) is 5.65 Å². The summed E-state index contributed by atoms with van der Waals surface area (Å²) in [5.74, 6) is 1.15. The maximum absolute atomic E-state index is 5.96. The van der Waals surface area contributed by atoms with Gasteiger partial charge in [-0.15, -0.1) is 0 Å². The van der Waals surface area contributed by atoms with Gasteiger partial charge >= 0.3 is 0 Å². The van der Waals surface area contributed by atoms with Gasteiger partial charge in [0, 0.05) is 25.8 Å². The molecule has 23 heavy (non-hydrogen) atoms. The minimum atomic E-state index is 0.316. The molecule has 0 aliphatic carbocycles. The molecule has 0 spiro atoms. The molecule has 2 atom stereocenters. The van der Waals surface area contributed by atoms with Crippen LogP contribution in [0, 0.1) is 0 Å². The van der Waals surface area contributed by atoms with E-state index >= 15 is 0 Å². The van der Waals surface area contributed by atoms with Crippen LogP contribution in [0.2, 0.25) is 0 Å². The molecule has 4 heterocycles. The highest BCUT2D eigenvalue weighted by Gasteiger charge is 2.29. The Hall–Kier alpha value is -1.46. The summed E-state index contributed by atoms with van der Waals surface area (Å²) < 4.78 is 8.35. The highest BCUT2D eigenvalue weighted by molar-refractivity contribution is 5.71. The lowest BCUT2D eigenvalue weighted by atomic mass is 10.1. The largest absolute Gasteiger partial charge is 0.378 e. The van der Waals surface area contributed by atoms with Gasteiger partial charge in [-0.25, -0.2) is 9.97 Å². The van der Waals surface area contributed by atoms with Crippen molar-refractivity contribution in [3.63, 3.8) is 0 Å². The Kier molecular flexibility index (Phi) is 4.31. The summed E-state index contributed by atoms with van der Waals surface area (Å²) >= 11 is 0. The Morgan fingerprint density at radius 2 is 2.22 bits per heavy atom. The van der Waals surface area contributed by atoms with Crippen LogP contribution in [-0.4, -0.2) is 45.2 Å². The van der Waals surface area contributed by atoms with E-state index in [2.05, 4.69) is 27.4 Å². The van der Waals surface area contributed by atoms with Crippen molar-refractivity contribution < 1.29 is 4.74 Å². The molecular formula is C18H26N4O. The zero-order valence-corrected chi connectivity index (χ0v) is 13.9. The van der Waals surface area contributed by atoms with Gasteiger partial charge in [0.05, 0.1) is 12.3 Å². The summed E-state index contributed by atoms with van der Waals surface area (Å²) in [6, 6.07) is 4.06. The Labute approximate surface area is 137 Å². The van der Waals surface area contributed by atoms with E-state index < -0.39 is 0 Å². The first-order valence-electron chi connectivity index (χ1n) is 9.04. The fraction of sp³-hybridized carbons (Fsp3) is 0.667. The molecule has 0 aromatic carbocycles. The molecule has 4 rings (SSSR count). The van der Waals surface area contributed by atoms with Gasteiger partial charge in [-0.2, -0.15) is 0 Å². The van der Waals surface area contributed by atoms with Crippen LogP contribution in [0.4, 0.5) is 0 Å². The molecule has 0 amide bonds. The Balaban J connectivity index is 1.72. The van der Waals surface area contributed by atoms with E-state index in [0.717, 1.165) is 43.0 Å². The Morgan fingerprint density at radius 3 is 3.04 bits per heavy atom. The zero-order chi connectivity index (χ0) is 15.6. The lowest BCUT2D eigenvalue weighted by Gasteiger charge is -2.27. The number of pyridine rings is 1. The molecule has 2 fully saturated rings. The normalized spacial score (nSPS) is 26.1. The van der Waals surface area contributed by atoms with E-state index in [1.54, 1.807) is 0 Å². The van der Waals surface area contributed by atoms with Gasteiger partial charge in [-0.05, 0) is 50.8 Å². The fourth-order valence-corrected chi connectivity index (χ4v) is 4.08. The monoisotopic (exact) mass is 314 g/mol. The topological polar surface area (TPSA) is 43.2 Å². The highest BCUT2D eigenvalue weighted by atomic mass is 16.5. The van der Waals surface area contributed by atoms with E-state index in [4.69, 9.17) is 9.72 Å². The van der Waals surface area contributed by atoms with Crippen molar-refractivity contribution in [3.05, 3.63) is 24.2 Å². The first-order chi connectivity index (χ1) is 11.4. The van der Waals surface area contributed by atoms with Crippen molar-refractivity contribution in [1.82, 2.24) is 19.4 Å². The molecule has 2 aromatic heterocycles.